The summed E-state index contributed by atoms with van der Waals surface area (Å²) in [6, 6.07) is 9.07. The first-order chi connectivity index (χ1) is 11.7. The van der Waals surface area contributed by atoms with E-state index in [4.69, 9.17) is 10.00 Å². The largest absolute Gasteiger partial charge is 0.481 e. The Kier molecular flexibility index (Phi) is 5.68. The third kappa shape index (κ3) is 5.21. The summed E-state index contributed by atoms with van der Waals surface area (Å²) in [6.07, 6.45) is 0.580. The van der Waals surface area contributed by atoms with E-state index in [2.05, 4.69) is 6.07 Å². The van der Waals surface area contributed by atoms with Crippen molar-refractivity contribution in [2.45, 2.75) is 39.2 Å². The lowest BCUT2D eigenvalue weighted by Gasteiger charge is -2.25. The SMILES string of the molecule is CC(C)(C)OC(=O)N1CC[C@H]([C@@H](Cc2cccc(C#N)c2)C(=O)O)C1. The number of carbonyl (C=O) groups excluding carboxylic acids is 1. The van der Waals surface area contributed by atoms with Gasteiger partial charge in [-0.25, -0.2) is 4.79 Å². The molecule has 6 heteroatoms. The predicted octanol–water partition coefficient (Wildman–Crippen LogP) is 3.06. The molecule has 1 N–H and O–H groups in total. The minimum absolute atomic E-state index is 0.129. The molecule has 2 atom stereocenters. The van der Waals surface area contributed by atoms with Crippen LogP contribution < -0.4 is 0 Å². The van der Waals surface area contributed by atoms with E-state index in [1.807, 2.05) is 6.07 Å². The zero-order valence-corrected chi connectivity index (χ0v) is 14.9. The van der Waals surface area contributed by atoms with Crippen molar-refractivity contribution >= 4 is 12.1 Å². The highest BCUT2D eigenvalue weighted by Crippen LogP contribution is 2.28. The smallest absolute Gasteiger partial charge is 0.410 e. The molecule has 134 valence electrons. The summed E-state index contributed by atoms with van der Waals surface area (Å²) >= 11 is 0. The topological polar surface area (TPSA) is 90.6 Å². The summed E-state index contributed by atoms with van der Waals surface area (Å²) < 4.78 is 5.36. The van der Waals surface area contributed by atoms with Crippen LogP contribution in [0.3, 0.4) is 0 Å². The van der Waals surface area contributed by atoms with E-state index < -0.39 is 23.6 Å². The minimum atomic E-state index is -0.876. The number of hydrogen-bond acceptors (Lipinski definition) is 4. The van der Waals surface area contributed by atoms with Crippen molar-refractivity contribution < 1.29 is 19.4 Å². The van der Waals surface area contributed by atoms with Crippen LogP contribution in [0.15, 0.2) is 24.3 Å². The number of nitriles is 1. The molecule has 1 saturated heterocycles. The average molecular weight is 344 g/mol. The molecule has 6 nitrogen and oxygen atoms in total. The van der Waals surface area contributed by atoms with Crippen LogP contribution in [-0.2, 0) is 16.0 Å². The van der Waals surface area contributed by atoms with Gasteiger partial charge in [0, 0.05) is 13.1 Å². The Morgan fingerprint density at radius 1 is 1.44 bits per heavy atom. The molecule has 1 aliphatic rings. The number of aliphatic carboxylic acids is 1. The van der Waals surface area contributed by atoms with E-state index in [9.17, 15) is 14.7 Å². The zero-order valence-electron chi connectivity index (χ0n) is 14.9. The number of carbonyl (C=O) groups is 2. The van der Waals surface area contributed by atoms with Crippen LogP contribution in [0.2, 0.25) is 0 Å². The molecule has 0 radical (unpaired) electrons. The number of hydrogen-bond donors (Lipinski definition) is 1. The summed E-state index contributed by atoms with van der Waals surface area (Å²) in [6.45, 7) is 6.30. The molecular formula is C19H24N2O4. The molecule has 0 bridgehead atoms. The third-order valence-corrected chi connectivity index (χ3v) is 4.27. The minimum Gasteiger partial charge on any atom is -0.481 e. The first-order valence-corrected chi connectivity index (χ1v) is 8.39. The Morgan fingerprint density at radius 2 is 2.16 bits per heavy atom. The molecule has 1 aliphatic heterocycles. The van der Waals surface area contributed by atoms with Gasteiger partial charge in [0.25, 0.3) is 0 Å². The van der Waals surface area contributed by atoms with Gasteiger partial charge >= 0.3 is 12.1 Å². The number of likely N-dealkylation sites (tertiary alicyclic amines) is 1. The van der Waals surface area contributed by atoms with Crippen LogP contribution in [0.1, 0.15) is 38.3 Å². The summed E-state index contributed by atoms with van der Waals surface area (Å²) in [4.78, 5) is 25.5. The zero-order chi connectivity index (χ0) is 18.6. The highest BCUT2D eigenvalue weighted by Gasteiger charge is 2.37. The Bertz CT molecular complexity index is 687. The average Bonchev–Trinajstić information content (AvgIpc) is 3.00. The van der Waals surface area contributed by atoms with E-state index in [1.54, 1.807) is 43.9 Å². The molecule has 1 heterocycles. The highest BCUT2D eigenvalue weighted by atomic mass is 16.6. The van der Waals surface area contributed by atoms with E-state index in [0.29, 0.717) is 31.5 Å². The number of amides is 1. The lowest BCUT2D eigenvalue weighted by atomic mass is 9.86. The Balaban J connectivity index is 2.05. The van der Waals surface area contributed by atoms with Crippen LogP contribution in [0, 0.1) is 23.2 Å². The fourth-order valence-electron chi connectivity index (χ4n) is 3.09. The molecule has 1 aromatic carbocycles. The molecule has 0 aliphatic carbocycles. The lowest BCUT2D eigenvalue weighted by Crippen LogP contribution is -2.36. The first-order valence-electron chi connectivity index (χ1n) is 8.39. The Morgan fingerprint density at radius 3 is 2.76 bits per heavy atom. The second kappa shape index (κ2) is 7.56. The first kappa shape index (κ1) is 18.8. The molecular weight excluding hydrogens is 320 g/mol. The van der Waals surface area contributed by atoms with Crippen molar-refractivity contribution in [3.05, 3.63) is 35.4 Å². The van der Waals surface area contributed by atoms with Gasteiger partial charge in [-0.1, -0.05) is 12.1 Å². The number of rotatable bonds is 4. The van der Waals surface area contributed by atoms with Crippen molar-refractivity contribution in [1.29, 1.82) is 5.26 Å². The van der Waals surface area contributed by atoms with Gasteiger partial charge in [0.2, 0.25) is 0 Å². The molecule has 0 aromatic heterocycles. The fraction of sp³-hybridized carbons (Fsp3) is 0.526. The number of nitrogens with zero attached hydrogens (tertiary/aromatic N) is 2. The van der Waals surface area contributed by atoms with E-state index in [-0.39, 0.29) is 5.92 Å². The number of carboxylic acids is 1. The molecule has 2 rings (SSSR count). The normalized spacial score (nSPS) is 18.5. The Labute approximate surface area is 148 Å². The molecule has 0 spiro atoms. The molecule has 1 aromatic rings. The van der Waals surface area contributed by atoms with Crippen LogP contribution >= 0.6 is 0 Å². The molecule has 1 amide bonds. The Hall–Kier alpha value is -2.55. The van der Waals surface area contributed by atoms with E-state index >= 15 is 0 Å². The summed E-state index contributed by atoms with van der Waals surface area (Å²) in [5.74, 6) is -1.60. The van der Waals surface area contributed by atoms with Crippen molar-refractivity contribution in [1.82, 2.24) is 4.90 Å². The quantitative estimate of drug-likeness (QED) is 0.906. The van der Waals surface area contributed by atoms with Gasteiger partial charge in [0.15, 0.2) is 0 Å². The van der Waals surface area contributed by atoms with Gasteiger partial charge in [0.1, 0.15) is 5.60 Å². The molecule has 0 unspecified atom stereocenters. The number of ether oxygens (including phenoxy) is 1. The van der Waals surface area contributed by atoms with Gasteiger partial charge in [-0.2, -0.15) is 5.26 Å². The summed E-state index contributed by atoms with van der Waals surface area (Å²) in [5.41, 5.74) is 0.768. The fourth-order valence-corrected chi connectivity index (χ4v) is 3.09. The van der Waals surface area contributed by atoms with E-state index in [0.717, 1.165) is 5.56 Å². The lowest BCUT2D eigenvalue weighted by molar-refractivity contribution is -0.143. The molecule has 0 saturated carbocycles. The maximum atomic E-state index is 12.2. The highest BCUT2D eigenvalue weighted by molar-refractivity contribution is 5.72. The monoisotopic (exact) mass is 344 g/mol. The van der Waals surface area contributed by atoms with Gasteiger partial charge in [0.05, 0.1) is 17.6 Å². The number of carboxylic acid groups (broad SMARTS) is 1. The second-order valence-corrected chi connectivity index (χ2v) is 7.44. The predicted molar refractivity (Wildman–Crippen MR) is 91.9 cm³/mol. The van der Waals surface area contributed by atoms with Gasteiger partial charge in [-0.05, 0) is 57.2 Å². The summed E-state index contributed by atoms with van der Waals surface area (Å²) in [7, 11) is 0. The van der Waals surface area contributed by atoms with Crippen molar-refractivity contribution in [2.24, 2.45) is 11.8 Å². The van der Waals surface area contributed by atoms with Crippen LogP contribution in [0.5, 0.6) is 0 Å². The van der Waals surface area contributed by atoms with Gasteiger partial charge in [-0.15, -0.1) is 0 Å². The van der Waals surface area contributed by atoms with Crippen molar-refractivity contribution in [3.63, 3.8) is 0 Å². The standard InChI is InChI=1S/C19H24N2O4/c1-19(2,3)25-18(24)21-8-7-15(12-21)16(17(22)23)10-13-5-4-6-14(9-13)11-20/h4-6,9,15-16H,7-8,10,12H2,1-3H3,(H,22,23)/t15-,16+/m0/s1. The second-order valence-electron chi connectivity index (χ2n) is 7.44. The van der Waals surface area contributed by atoms with Crippen LogP contribution in [0.25, 0.3) is 0 Å². The third-order valence-electron chi connectivity index (χ3n) is 4.27. The maximum Gasteiger partial charge on any atom is 0.410 e. The maximum absolute atomic E-state index is 12.2. The van der Waals surface area contributed by atoms with E-state index in [1.165, 1.54) is 0 Å². The molecule has 1 fully saturated rings. The molecule has 25 heavy (non-hydrogen) atoms. The van der Waals surface area contributed by atoms with Gasteiger partial charge < -0.3 is 14.7 Å². The van der Waals surface area contributed by atoms with Gasteiger partial charge in [-0.3, -0.25) is 4.79 Å². The van der Waals surface area contributed by atoms with Crippen LogP contribution in [-0.4, -0.2) is 40.8 Å². The number of benzene rings is 1. The summed E-state index contributed by atoms with van der Waals surface area (Å²) in [5, 5.41) is 18.6. The van der Waals surface area contributed by atoms with Crippen molar-refractivity contribution in [2.75, 3.05) is 13.1 Å². The van der Waals surface area contributed by atoms with Crippen LogP contribution in [0.4, 0.5) is 4.79 Å². The van der Waals surface area contributed by atoms with Crippen molar-refractivity contribution in [3.8, 4) is 6.07 Å².